The number of carbonyl (C=O) groups is 3. The van der Waals surface area contributed by atoms with E-state index < -0.39 is 5.97 Å². The molecule has 8 nitrogen and oxygen atoms in total. The lowest BCUT2D eigenvalue weighted by Gasteiger charge is -2.36. The monoisotopic (exact) mass is 398 g/mol. The summed E-state index contributed by atoms with van der Waals surface area (Å²) in [6.45, 7) is -0.174. The van der Waals surface area contributed by atoms with Gasteiger partial charge in [0.05, 0.1) is 29.5 Å². The van der Waals surface area contributed by atoms with Crippen LogP contribution in [0.4, 0.5) is 0 Å². The molecule has 0 saturated heterocycles. The maximum absolute atomic E-state index is 12.5. The maximum Gasteiger partial charge on any atom is 0.337 e. The lowest BCUT2D eigenvalue weighted by atomic mass is 9.67. The van der Waals surface area contributed by atoms with Crippen LogP contribution in [0.25, 0.3) is 10.9 Å². The standard InChI is InChI=1S/C21H22N2O6/c1-28-20(26)13-5-6-15-16(9-13)22-17(23-19(15)25)10-29-21(27)14-7-11-3-2-4-12(8-14)18(11)24/h5-6,9,11-12,14H,2-4,7-8,10H2,1H3,(H,22,23,25)/t11-,12-/m1/s1. The molecule has 2 atom stereocenters. The van der Waals surface area contributed by atoms with Crippen molar-refractivity contribution in [3.63, 3.8) is 0 Å². The first-order valence-corrected chi connectivity index (χ1v) is 9.78. The van der Waals surface area contributed by atoms with E-state index in [9.17, 15) is 19.2 Å². The zero-order chi connectivity index (χ0) is 20.5. The number of nitrogens with zero attached hydrogens (tertiary/aromatic N) is 1. The number of methoxy groups -OCH3 is 1. The van der Waals surface area contributed by atoms with Gasteiger partial charge in [0.15, 0.2) is 0 Å². The van der Waals surface area contributed by atoms with Crippen molar-refractivity contribution in [2.45, 2.75) is 38.7 Å². The predicted octanol–water partition coefficient (Wildman–Crippen LogP) is 2.15. The molecule has 0 unspecified atom stereocenters. The summed E-state index contributed by atoms with van der Waals surface area (Å²) >= 11 is 0. The maximum atomic E-state index is 12.5. The zero-order valence-electron chi connectivity index (χ0n) is 16.1. The Hall–Kier alpha value is -3.03. The van der Waals surface area contributed by atoms with Crippen LogP contribution in [-0.4, -0.2) is 34.8 Å². The summed E-state index contributed by atoms with van der Waals surface area (Å²) in [7, 11) is 1.27. The normalized spacial score (nSPS) is 23.6. The van der Waals surface area contributed by atoms with E-state index in [0.29, 0.717) is 29.5 Å². The van der Waals surface area contributed by atoms with Crippen molar-refractivity contribution in [2.75, 3.05) is 7.11 Å². The smallest absolute Gasteiger partial charge is 0.337 e. The summed E-state index contributed by atoms with van der Waals surface area (Å²) in [4.78, 5) is 55.6. The minimum absolute atomic E-state index is 0.0320. The van der Waals surface area contributed by atoms with Gasteiger partial charge in [0.1, 0.15) is 18.2 Å². The van der Waals surface area contributed by atoms with E-state index in [1.807, 2.05) is 0 Å². The van der Waals surface area contributed by atoms with Crippen LogP contribution in [0, 0.1) is 17.8 Å². The molecule has 2 saturated carbocycles. The van der Waals surface area contributed by atoms with Crippen molar-refractivity contribution >= 4 is 28.6 Å². The number of ether oxygens (including phenoxy) is 2. The number of hydrogen-bond donors (Lipinski definition) is 1. The first-order valence-electron chi connectivity index (χ1n) is 9.78. The van der Waals surface area contributed by atoms with Crippen LogP contribution in [0.5, 0.6) is 0 Å². The molecule has 0 aliphatic heterocycles. The largest absolute Gasteiger partial charge is 0.465 e. The number of H-pyrrole nitrogens is 1. The number of nitrogens with one attached hydrogen (secondary N) is 1. The number of ketones is 1. The van der Waals surface area contributed by atoms with Gasteiger partial charge in [-0.15, -0.1) is 0 Å². The Balaban J connectivity index is 1.48. The van der Waals surface area contributed by atoms with E-state index >= 15 is 0 Å². The molecular formula is C21H22N2O6. The quantitative estimate of drug-likeness (QED) is 0.785. The zero-order valence-corrected chi connectivity index (χ0v) is 16.1. The average molecular weight is 398 g/mol. The van der Waals surface area contributed by atoms with Gasteiger partial charge in [0.25, 0.3) is 5.56 Å². The topological polar surface area (TPSA) is 115 Å². The number of hydrogen-bond acceptors (Lipinski definition) is 7. The van der Waals surface area contributed by atoms with Crippen molar-refractivity contribution in [3.8, 4) is 0 Å². The number of esters is 2. The van der Waals surface area contributed by atoms with Crippen molar-refractivity contribution in [1.82, 2.24) is 9.97 Å². The van der Waals surface area contributed by atoms with Gasteiger partial charge in [-0.3, -0.25) is 14.4 Å². The Morgan fingerprint density at radius 3 is 2.59 bits per heavy atom. The van der Waals surface area contributed by atoms with Crippen LogP contribution in [0.15, 0.2) is 23.0 Å². The Morgan fingerprint density at radius 1 is 1.17 bits per heavy atom. The van der Waals surface area contributed by atoms with Crippen LogP contribution in [0.1, 0.15) is 48.3 Å². The number of Topliss-reactive ketones (excluding diaryl/α,β-unsaturated/α-hetero) is 1. The fraction of sp³-hybridized carbons (Fsp3) is 0.476. The number of benzene rings is 1. The summed E-state index contributed by atoms with van der Waals surface area (Å²) in [6.07, 6.45) is 3.82. The molecule has 1 aromatic heterocycles. The van der Waals surface area contributed by atoms with Crippen LogP contribution in [-0.2, 0) is 25.7 Å². The van der Waals surface area contributed by atoms with Crippen molar-refractivity contribution < 1.29 is 23.9 Å². The van der Waals surface area contributed by atoms with E-state index in [-0.39, 0.29) is 47.3 Å². The molecule has 4 rings (SSSR count). The fourth-order valence-corrected chi connectivity index (χ4v) is 4.43. The molecular weight excluding hydrogens is 376 g/mol. The Labute approximate surface area is 166 Å². The molecule has 2 aliphatic carbocycles. The molecule has 2 aliphatic rings. The Bertz CT molecular complexity index is 1030. The number of aromatic amines is 1. The molecule has 2 fully saturated rings. The van der Waals surface area contributed by atoms with E-state index in [1.165, 1.54) is 25.3 Å². The van der Waals surface area contributed by atoms with Gasteiger partial charge in [-0.2, -0.15) is 0 Å². The fourth-order valence-electron chi connectivity index (χ4n) is 4.43. The number of fused-ring (bicyclic) bond motifs is 3. The highest BCUT2D eigenvalue weighted by atomic mass is 16.5. The van der Waals surface area contributed by atoms with Gasteiger partial charge in [0, 0.05) is 11.8 Å². The summed E-state index contributed by atoms with van der Waals surface area (Å²) in [5.74, 6) is -0.751. The van der Waals surface area contributed by atoms with Gasteiger partial charge in [0.2, 0.25) is 0 Å². The van der Waals surface area contributed by atoms with Crippen LogP contribution in [0.3, 0.4) is 0 Å². The number of aromatic nitrogens is 2. The van der Waals surface area contributed by atoms with Gasteiger partial charge in [-0.05, 0) is 43.9 Å². The van der Waals surface area contributed by atoms with Crippen molar-refractivity contribution in [3.05, 3.63) is 39.9 Å². The molecule has 29 heavy (non-hydrogen) atoms. The van der Waals surface area contributed by atoms with Gasteiger partial charge >= 0.3 is 11.9 Å². The van der Waals surface area contributed by atoms with Crippen LogP contribution in [0.2, 0.25) is 0 Å². The molecule has 152 valence electrons. The SMILES string of the molecule is COC(=O)c1ccc2c(=O)[nH]c(COC(=O)C3C[C@H]4CCC[C@H](C3)C4=O)nc2c1. The first kappa shape index (κ1) is 19.3. The van der Waals surface area contributed by atoms with E-state index in [4.69, 9.17) is 4.74 Å². The number of carbonyl (C=O) groups excluding carboxylic acids is 3. The number of rotatable bonds is 4. The molecule has 1 heterocycles. The third-order valence-corrected chi connectivity index (χ3v) is 5.91. The lowest BCUT2D eigenvalue weighted by molar-refractivity contribution is -0.155. The van der Waals surface area contributed by atoms with Gasteiger partial charge in [-0.1, -0.05) is 6.42 Å². The van der Waals surface area contributed by atoms with Crippen LogP contribution < -0.4 is 5.56 Å². The third kappa shape index (κ3) is 3.79. The molecule has 0 spiro atoms. The highest BCUT2D eigenvalue weighted by Gasteiger charge is 2.41. The first-order chi connectivity index (χ1) is 14.0. The minimum Gasteiger partial charge on any atom is -0.465 e. The molecule has 0 radical (unpaired) electrons. The second-order valence-electron chi connectivity index (χ2n) is 7.74. The molecule has 2 aromatic rings. The van der Waals surface area contributed by atoms with Crippen molar-refractivity contribution in [1.29, 1.82) is 0 Å². The summed E-state index contributed by atoms with van der Waals surface area (Å²) in [5.41, 5.74) is 0.218. The molecule has 0 amide bonds. The molecule has 1 aromatic carbocycles. The predicted molar refractivity (Wildman–Crippen MR) is 102 cm³/mol. The summed E-state index contributed by atoms with van der Waals surface area (Å²) < 4.78 is 10.1. The van der Waals surface area contributed by atoms with Crippen LogP contribution >= 0.6 is 0 Å². The average Bonchev–Trinajstić information content (AvgIpc) is 2.70. The van der Waals surface area contributed by atoms with Gasteiger partial charge < -0.3 is 14.5 Å². The highest BCUT2D eigenvalue weighted by molar-refractivity contribution is 5.94. The van der Waals surface area contributed by atoms with E-state index in [2.05, 4.69) is 14.7 Å². The summed E-state index contributed by atoms with van der Waals surface area (Å²) in [5, 5.41) is 0.325. The lowest BCUT2D eigenvalue weighted by Crippen LogP contribution is -2.39. The van der Waals surface area contributed by atoms with E-state index in [0.717, 1.165) is 19.3 Å². The Morgan fingerprint density at radius 2 is 1.90 bits per heavy atom. The second kappa shape index (κ2) is 7.77. The molecule has 1 N–H and O–H groups in total. The molecule has 2 bridgehead atoms. The second-order valence-corrected chi connectivity index (χ2v) is 7.74. The van der Waals surface area contributed by atoms with Crippen molar-refractivity contribution in [2.24, 2.45) is 17.8 Å². The summed E-state index contributed by atoms with van der Waals surface area (Å²) in [6, 6.07) is 4.46. The minimum atomic E-state index is -0.528. The highest BCUT2D eigenvalue weighted by Crippen LogP contribution is 2.40. The molecule has 8 heteroatoms. The van der Waals surface area contributed by atoms with E-state index in [1.54, 1.807) is 0 Å². The third-order valence-electron chi connectivity index (χ3n) is 5.91. The van der Waals surface area contributed by atoms with Gasteiger partial charge in [-0.25, -0.2) is 9.78 Å². The Kier molecular flexibility index (Phi) is 5.17.